The van der Waals surface area contributed by atoms with Gasteiger partial charge in [0.05, 0.1) is 6.54 Å². The van der Waals surface area contributed by atoms with Crippen LogP contribution < -0.4 is 16.0 Å². The Morgan fingerprint density at radius 2 is 1.41 bits per heavy atom. The molecular weight excluding hydrogens is 398 g/mol. The lowest BCUT2D eigenvalue weighted by Gasteiger charge is -2.21. The van der Waals surface area contributed by atoms with Crippen LogP contribution in [0.1, 0.15) is 40.8 Å². The third kappa shape index (κ3) is 6.05. The van der Waals surface area contributed by atoms with Gasteiger partial charge in [-0.3, -0.25) is 9.59 Å². The minimum Gasteiger partial charge on any atom is -0.342 e. The van der Waals surface area contributed by atoms with Crippen LogP contribution in [-0.4, -0.2) is 24.4 Å². The highest BCUT2D eigenvalue weighted by molar-refractivity contribution is 5.96. The highest BCUT2D eigenvalue weighted by Gasteiger charge is 2.25. The van der Waals surface area contributed by atoms with E-state index in [1.165, 1.54) is 5.56 Å². The van der Waals surface area contributed by atoms with Crippen molar-refractivity contribution in [2.24, 2.45) is 0 Å². The molecule has 0 aliphatic rings. The van der Waals surface area contributed by atoms with E-state index >= 15 is 0 Å². The third-order valence-electron chi connectivity index (χ3n) is 5.66. The molecule has 5 nitrogen and oxygen atoms in total. The SMILES string of the molecule is Cc1ccc([C@@H]([NH2+][C@H](C)C(=O)NCC(=O)Nc2c(C)cccc2C)c2ccccc2)cc1. The molecule has 0 bridgehead atoms. The van der Waals surface area contributed by atoms with Gasteiger partial charge >= 0.3 is 0 Å². The molecule has 0 radical (unpaired) electrons. The van der Waals surface area contributed by atoms with E-state index in [2.05, 4.69) is 54.0 Å². The van der Waals surface area contributed by atoms with Crippen LogP contribution in [0.3, 0.4) is 0 Å². The summed E-state index contributed by atoms with van der Waals surface area (Å²) in [5.74, 6) is -0.407. The van der Waals surface area contributed by atoms with Gasteiger partial charge in [-0.25, -0.2) is 0 Å². The van der Waals surface area contributed by atoms with Crippen molar-refractivity contribution in [3.05, 3.63) is 101 Å². The zero-order valence-corrected chi connectivity index (χ0v) is 19.2. The molecule has 0 heterocycles. The van der Waals surface area contributed by atoms with E-state index in [1.807, 2.05) is 62.5 Å². The van der Waals surface area contributed by atoms with E-state index in [0.717, 1.165) is 27.9 Å². The number of aryl methyl sites for hydroxylation is 3. The van der Waals surface area contributed by atoms with E-state index in [1.54, 1.807) is 0 Å². The second-order valence-corrected chi connectivity index (χ2v) is 8.31. The van der Waals surface area contributed by atoms with Gasteiger partial charge < -0.3 is 16.0 Å². The molecule has 0 aromatic heterocycles. The van der Waals surface area contributed by atoms with Crippen molar-refractivity contribution >= 4 is 17.5 Å². The van der Waals surface area contributed by atoms with Crippen molar-refractivity contribution < 1.29 is 14.9 Å². The molecule has 3 aromatic carbocycles. The second-order valence-electron chi connectivity index (χ2n) is 8.31. The number of carbonyl (C=O) groups excluding carboxylic acids is 2. The number of para-hydroxylation sites is 1. The summed E-state index contributed by atoms with van der Waals surface area (Å²) in [4.78, 5) is 25.2. The molecule has 0 aliphatic carbocycles. The molecule has 0 saturated heterocycles. The lowest BCUT2D eigenvalue weighted by molar-refractivity contribution is -0.704. The Hall–Kier alpha value is -3.44. The van der Waals surface area contributed by atoms with Gasteiger partial charge in [-0.1, -0.05) is 78.4 Å². The predicted octanol–water partition coefficient (Wildman–Crippen LogP) is 3.41. The number of benzene rings is 3. The number of hydrogen-bond acceptors (Lipinski definition) is 2. The van der Waals surface area contributed by atoms with Crippen molar-refractivity contribution in [1.82, 2.24) is 5.32 Å². The summed E-state index contributed by atoms with van der Waals surface area (Å²) in [6.07, 6.45) is 0. The Balaban J connectivity index is 1.63. The minimum atomic E-state index is -0.366. The Morgan fingerprint density at radius 1 is 0.812 bits per heavy atom. The van der Waals surface area contributed by atoms with Crippen LogP contribution in [0, 0.1) is 20.8 Å². The molecule has 0 fully saturated rings. The first-order chi connectivity index (χ1) is 15.3. The minimum absolute atomic E-state index is 0.0130. The van der Waals surface area contributed by atoms with Crippen molar-refractivity contribution in [2.45, 2.75) is 39.8 Å². The van der Waals surface area contributed by atoms with Crippen LogP contribution >= 0.6 is 0 Å². The zero-order valence-electron chi connectivity index (χ0n) is 19.2. The Bertz CT molecular complexity index is 1040. The fourth-order valence-electron chi connectivity index (χ4n) is 3.75. The number of anilines is 1. The first kappa shape index (κ1) is 23.2. The number of nitrogens with two attached hydrogens (primary N) is 1. The Morgan fingerprint density at radius 3 is 2.03 bits per heavy atom. The molecule has 0 unspecified atom stereocenters. The van der Waals surface area contributed by atoms with Gasteiger partial charge in [-0.05, 0) is 38.8 Å². The Labute approximate surface area is 190 Å². The fourth-order valence-corrected chi connectivity index (χ4v) is 3.75. The average molecular weight is 431 g/mol. The van der Waals surface area contributed by atoms with E-state index in [9.17, 15) is 9.59 Å². The number of rotatable bonds is 8. The van der Waals surface area contributed by atoms with Crippen molar-refractivity contribution in [3.63, 3.8) is 0 Å². The molecule has 166 valence electrons. The normalized spacial score (nSPS) is 12.6. The van der Waals surface area contributed by atoms with Crippen molar-refractivity contribution in [1.29, 1.82) is 0 Å². The van der Waals surface area contributed by atoms with Gasteiger partial charge in [0.25, 0.3) is 5.91 Å². The van der Waals surface area contributed by atoms with Crippen LogP contribution in [0.15, 0.2) is 72.8 Å². The molecule has 4 N–H and O–H groups in total. The maximum Gasteiger partial charge on any atom is 0.278 e. The summed E-state index contributed by atoms with van der Waals surface area (Å²) in [5, 5.41) is 7.72. The number of amides is 2. The first-order valence-electron chi connectivity index (χ1n) is 11.0. The number of hydrogen-bond donors (Lipinski definition) is 3. The third-order valence-corrected chi connectivity index (χ3v) is 5.66. The summed E-state index contributed by atoms with van der Waals surface area (Å²) < 4.78 is 0. The number of quaternary nitrogens is 1. The molecule has 32 heavy (non-hydrogen) atoms. The lowest BCUT2D eigenvalue weighted by Crippen LogP contribution is -2.92. The lowest BCUT2D eigenvalue weighted by atomic mass is 9.97. The highest BCUT2D eigenvalue weighted by atomic mass is 16.2. The molecule has 2 amide bonds. The van der Waals surface area contributed by atoms with Crippen molar-refractivity contribution in [2.75, 3.05) is 11.9 Å². The van der Waals surface area contributed by atoms with Gasteiger partial charge in [0.2, 0.25) is 5.91 Å². The molecular formula is C27H32N3O2+. The summed E-state index contributed by atoms with van der Waals surface area (Å²) in [5.41, 5.74) is 6.25. The van der Waals surface area contributed by atoms with Crippen LogP contribution in [0.4, 0.5) is 5.69 Å². The number of carbonyl (C=O) groups is 2. The number of nitrogens with one attached hydrogen (secondary N) is 2. The van der Waals surface area contributed by atoms with Crippen LogP contribution in [0.2, 0.25) is 0 Å². The van der Waals surface area contributed by atoms with Crippen LogP contribution in [-0.2, 0) is 9.59 Å². The second kappa shape index (κ2) is 10.7. The molecule has 2 atom stereocenters. The largest absolute Gasteiger partial charge is 0.342 e. The quantitative estimate of drug-likeness (QED) is 0.512. The van der Waals surface area contributed by atoms with Gasteiger partial charge in [0, 0.05) is 16.8 Å². The van der Waals surface area contributed by atoms with E-state index in [4.69, 9.17) is 0 Å². The molecule has 0 spiro atoms. The maximum absolute atomic E-state index is 12.8. The standard InChI is InChI=1S/C27H31N3O2/c1-18-13-15-23(16-14-18)26(22-11-6-5-7-12-22)29-21(4)27(32)28-17-24(31)30-25-19(2)9-8-10-20(25)3/h5-16,21,26,29H,17H2,1-4H3,(H,28,32)(H,30,31)/p+1/t21-,26+/m1/s1. The van der Waals surface area contributed by atoms with Gasteiger partial charge in [-0.15, -0.1) is 0 Å². The summed E-state index contributed by atoms with van der Waals surface area (Å²) >= 11 is 0. The average Bonchev–Trinajstić information content (AvgIpc) is 2.79. The molecule has 0 aliphatic heterocycles. The molecule has 3 aromatic rings. The van der Waals surface area contributed by atoms with Gasteiger partial charge in [0.15, 0.2) is 6.04 Å². The summed E-state index contributed by atoms with van der Waals surface area (Å²) in [7, 11) is 0. The van der Waals surface area contributed by atoms with E-state index < -0.39 is 0 Å². The first-order valence-corrected chi connectivity index (χ1v) is 11.0. The van der Waals surface area contributed by atoms with Gasteiger partial charge in [0.1, 0.15) is 6.04 Å². The zero-order chi connectivity index (χ0) is 23.1. The van der Waals surface area contributed by atoms with Crippen molar-refractivity contribution in [3.8, 4) is 0 Å². The Kier molecular flexibility index (Phi) is 7.79. The summed E-state index contributed by atoms with van der Waals surface area (Å²) in [6, 6.07) is 24.0. The maximum atomic E-state index is 12.8. The summed E-state index contributed by atoms with van der Waals surface area (Å²) in [6.45, 7) is 7.76. The van der Waals surface area contributed by atoms with Gasteiger partial charge in [-0.2, -0.15) is 0 Å². The molecule has 3 rings (SSSR count). The molecule has 0 saturated carbocycles. The van der Waals surface area contributed by atoms with E-state index in [0.29, 0.717) is 0 Å². The van der Waals surface area contributed by atoms with Crippen LogP contribution in [0.5, 0.6) is 0 Å². The topological polar surface area (TPSA) is 74.8 Å². The monoisotopic (exact) mass is 430 g/mol. The fraction of sp³-hybridized carbons (Fsp3) is 0.259. The highest BCUT2D eigenvalue weighted by Crippen LogP contribution is 2.20. The molecule has 5 heteroatoms. The smallest absolute Gasteiger partial charge is 0.278 e. The van der Waals surface area contributed by atoms with E-state index in [-0.39, 0.29) is 30.4 Å². The predicted molar refractivity (Wildman–Crippen MR) is 128 cm³/mol. The van der Waals surface area contributed by atoms with Crippen LogP contribution in [0.25, 0.3) is 0 Å².